The van der Waals surface area contributed by atoms with E-state index in [0.29, 0.717) is 5.52 Å². The van der Waals surface area contributed by atoms with Crippen molar-refractivity contribution in [1.82, 2.24) is 4.98 Å². The third kappa shape index (κ3) is 1.31. The molecule has 1 heterocycles. The minimum absolute atomic E-state index is 0.529. The number of aromatic nitrogens is 1. The molecule has 0 saturated carbocycles. The lowest BCUT2D eigenvalue weighted by Crippen LogP contribution is -1.89. The Morgan fingerprint density at radius 3 is 2.93 bits per heavy atom. The third-order valence-corrected chi connectivity index (χ3v) is 2.25. The van der Waals surface area contributed by atoms with Crippen molar-refractivity contribution >= 4 is 10.9 Å². The SMILES string of the molecule is CCc1cccc2cc(F)c(O)nc12. The van der Waals surface area contributed by atoms with Crippen molar-refractivity contribution in [2.75, 3.05) is 0 Å². The highest BCUT2D eigenvalue weighted by Gasteiger charge is 2.06. The molecule has 72 valence electrons. The molecule has 14 heavy (non-hydrogen) atoms. The van der Waals surface area contributed by atoms with Gasteiger partial charge in [-0.1, -0.05) is 25.1 Å². The minimum Gasteiger partial charge on any atom is -0.491 e. The number of nitrogens with zero attached hydrogens (tertiary/aromatic N) is 1. The van der Waals surface area contributed by atoms with E-state index in [-0.39, 0.29) is 0 Å². The normalized spacial score (nSPS) is 10.7. The summed E-state index contributed by atoms with van der Waals surface area (Å²) in [6, 6.07) is 6.87. The van der Waals surface area contributed by atoms with Crippen molar-refractivity contribution in [3.63, 3.8) is 0 Å². The molecule has 0 fully saturated rings. The van der Waals surface area contributed by atoms with Crippen LogP contribution in [0.4, 0.5) is 4.39 Å². The molecule has 0 aliphatic carbocycles. The van der Waals surface area contributed by atoms with Crippen molar-refractivity contribution in [3.8, 4) is 5.88 Å². The first-order valence-corrected chi connectivity index (χ1v) is 4.49. The molecule has 3 heteroatoms. The van der Waals surface area contributed by atoms with Crippen LogP contribution in [0.1, 0.15) is 12.5 Å². The van der Waals surface area contributed by atoms with E-state index < -0.39 is 11.7 Å². The first-order valence-electron chi connectivity index (χ1n) is 4.49. The van der Waals surface area contributed by atoms with Crippen molar-refractivity contribution in [2.45, 2.75) is 13.3 Å². The highest BCUT2D eigenvalue weighted by molar-refractivity contribution is 5.82. The standard InChI is InChI=1S/C11H10FNO/c1-2-7-4-3-5-8-6-9(12)11(14)13-10(7)8/h3-6H,2H2,1H3,(H,13,14). The Bertz CT molecular complexity index is 482. The molecular formula is C11H10FNO. The summed E-state index contributed by atoms with van der Waals surface area (Å²) < 4.78 is 13.0. The van der Waals surface area contributed by atoms with E-state index in [1.165, 1.54) is 6.07 Å². The average molecular weight is 191 g/mol. The second kappa shape index (κ2) is 3.25. The number of pyridine rings is 1. The third-order valence-electron chi connectivity index (χ3n) is 2.25. The van der Waals surface area contributed by atoms with E-state index in [1.54, 1.807) is 6.07 Å². The largest absolute Gasteiger partial charge is 0.491 e. The van der Waals surface area contributed by atoms with Gasteiger partial charge in [0.25, 0.3) is 0 Å². The summed E-state index contributed by atoms with van der Waals surface area (Å²) in [5, 5.41) is 9.87. The molecule has 2 nitrogen and oxygen atoms in total. The zero-order valence-electron chi connectivity index (χ0n) is 7.79. The van der Waals surface area contributed by atoms with E-state index in [2.05, 4.69) is 4.98 Å². The van der Waals surface area contributed by atoms with Gasteiger partial charge in [0, 0.05) is 5.39 Å². The van der Waals surface area contributed by atoms with Gasteiger partial charge in [0.1, 0.15) is 0 Å². The molecule has 0 aliphatic heterocycles. The van der Waals surface area contributed by atoms with Crippen molar-refractivity contribution in [1.29, 1.82) is 0 Å². The Kier molecular flexibility index (Phi) is 2.08. The summed E-state index contributed by atoms with van der Waals surface area (Å²) in [7, 11) is 0. The fraction of sp³-hybridized carbons (Fsp3) is 0.182. The van der Waals surface area contributed by atoms with E-state index in [0.717, 1.165) is 17.4 Å². The molecule has 0 saturated heterocycles. The molecule has 0 spiro atoms. The number of fused-ring (bicyclic) bond motifs is 1. The van der Waals surface area contributed by atoms with Crippen LogP contribution in [0.3, 0.4) is 0 Å². The van der Waals surface area contributed by atoms with Gasteiger partial charge in [0.05, 0.1) is 5.52 Å². The summed E-state index contributed by atoms with van der Waals surface area (Å²) in [6.45, 7) is 2.00. The van der Waals surface area contributed by atoms with Gasteiger partial charge in [0.2, 0.25) is 5.88 Å². The van der Waals surface area contributed by atoms with Gasteiger partial charge in [-0.15, -0.1) is 0 Å². The Hall–Kier alpha value is -1.64. The maximum Gasteiger partial charge on any atom is 0.248 e. The lowest BCUT2D eigenvalue weighted by molar-refractivity contribution is 0.414. The Morgan fingerprint density at radius 1 is 1.43 bits per heavy atom. The first kappa shape index (κ1) is 8.94. The summed E-state index contributed by atoms with van der Waals surface area (Å²) in [6.07, 6.45) is 0.815. The smallest absolute Gasteiger partial charge is 0.248 e. The van der Waals surface area contributed by atoms with Crippen molar-refractivity contribution in [3.05, 3.63) is 35.6 Å². The quantitative estimate of drug-likeness (QED) is 0.751. The van der Waals surface area contributed by atoms with Crippen molar-refractivity contribution in [2.24, 2.45) is 0 Å². The molecule has 0 radical (unpaired) electrons. The minimum atomic E-state index is -0.675. The highest BCUT2D eigenvalue weighted by atomic mass is 19.1. The molecule has 1 aromatic heterocycles. The topological polar surface area (TPSA) is 33.1 Å². The molecule has 0 unspecified atom stereocenters. The predicted molar refractivity (Wildman–Crippen MR) is 52.7 cm³/mol. The first-order chi connectivity index (χ1) is 6.72. The lowest BCUT2D eigenvalue weighted by atomic mass is 10.1. The van der Waals surface area contributed by atoms with Crippen LogP contribution in [-0.4, -0.2) is 10.1 Å². The Labute approximate surface area is 81.0 Å². The Morgan fingerprint density at radius 2 is 2.21 bits per heavy atom. The van der Waals surface area contributed by atoms with Crippen LogP contribution >= 0.6 is 0 Å². The molecule has 1 aromatic carbocycles. The fourth-order valence-electron chi connectivity index (χ4n) is 1.51. The van der Waals surface area contributed by atoms with Gasteiger partial charge in [0.15, 0.2) is 5.82 Å². The predicted octanol–water partition coefficient (Wildman–Crippen LogP) is 2.64. The van der Waals surface area contributed by atoms with Crippen LogP contribution in [0.15, 0.2) is 24.3 Å². The highest BCUT2D eigenvalue weighted by Crippen LogP contribution is 2.22. The van der Waals surface area contributed by atoms with Gasteiger partial charge >= 0.3 is 0 Å². The fourth-order valence-corrected chi connectivity index (χ4v) is 1.51. The van der Waals surface area contributed by atoms with Crippen LogP contribution in [0.5, 0.6) is 5.88 Å². The maximum atomic E-state index is 13.0. The lowest BCUT2D eigenvalue weighted by Gasteiger charge is -2.03. The summed E-state index contributed by atoms with van der Waals surface area (Å²) in [5.41, 5.74) is 1.69. The Balaban J connectivity index is 2.81. The van der Waals surface area contributed by atoms with Gasteiger partial charge < -0.3 is 5.11 Å². The number of aromatic hydroxyl groups is 1. The summed E-state index contributed by atoms with van der Waals surface area (Å²) in [4.78, 5) is 3.83. The van der Waals surface area contributed by atoms with Crippen LogP contribution < -0.4 is 0 Å². The zero-order chi connectivity index (χ0) is 10.1. The molecule has 2 aromatic rings. The number of benzene rings is 1. The molecule has 2 rings (SSSR count). The van der Waals surface area contributed by atoms with E-state index >= 15 is 0 Å². The molecule has 0 atom stereocenters. The van der Waals surface area contributed by atoms with E-state index in [4.69, 9.17) is 5.11 Å². The number of para-hydroxylation sites is 1. The van der Waals surface area contributed by atoms with Crippen molar-refractivity contribution < 1.29 is 9.50 Å². The molecule has 0 aliphatic rings. The molecule has 1 N–H and O–H groups in total. The number of hydrogen-bond donors (Lipinski definition) is 1. The van der Waals surface area contributed by atoms with E-state index in [1.807, 2.05) is 19.1 Å². The zero-order valence-corrected chi connectivity index (χ0v) is 7.79. The van der Waals surface area contributed by atoms with Gasteiger partial charge in [-0.25, -0.2) is 9.37 Å². The summed E-state index contributed by atoms with van der Waals surface area (Å²) >= 11 is 0. The molecular weight excluding hydrogens is 181 g/mol. The maximum absolute atomic E-state index is 13.0. The number of halogens is 1. The van der Waals surface area contributed by atoms with Gasteiger partial charge in [-0.2, -0.15) is 0 Å². The van der Waals surface area contributed by atoms with Crippen LogP contribution in [0.25, 0.3) is 10.9 Å². The van der Waals surface area contributed by atoms with Crippen LogP contribution in [0.2, 0.25) is 0 Å². The summed E-state index contributed by atoms with van der Waals surface area (Å²) in [5.74, 6) is -1.20. The van der Waals surface area contributed by atoms with Gasteiger partial charge in [-0.3, -0.25) is 0 Å². The van der Waals surface area contributed by atoms with E-state index in [9.17, 15) is 4.39 Å². The monoisotopic (exact) mass is 191 g/mol. The second-order valence-corrected chi connectivity index (χ2v) is 3.14. The number of aryl methyl sites for hydroxylation is 1. The molecule has 0 bridgehead atoms. The number of hydrogen-bond acceptors (Lipinski definition) is 2. The number of rotatable bonds is 1. The molecule has 0 amide bonds. The van der Waals surface area contributed by atoms with Crippen LogP contribution in [0, 0.1) is 5.82 Å². The average Bonchev–Trinajstić information content (AvgIpc) is 2.19. The second-order valence-electron chi connectivity index (χ2n) is 3.14. The van der Waals surface area contributed by atoms with Gasteiger partial charge in [-0.05, 0) is 18.1 Å². The van der Waals surface area contributed by atoms with Crippen LogP contribution in [-0.2, 0) is 6.42 Å².